The van der Waals surface area contributed by atoms with Gasteiger partial charge in [0.15, 0.2) is 6.29 Å². The topological polar surface area (TPSA) is 48.3 Å². The van der Waals surface area contributed by atoms with Gasteiger partial charge < -0.3 is 9.30 Å². The van der Waals surface area contributed by atoms with E-state index in [1.54, 1.807) is 30.8 Å². The molecule has 0 radical (unpaired) electrons. The van der Waals surface area contributed by atoms with E-state index >= 15 is 0 Å². The van der Waals surface area contributed by atoms with Gasteiger partial charge in [0.2, 0.25) is 0 Å². The molecule has 0 bridgehead atoms. The van der Waals surface area contributed by atoms with E-state index in [1.165, 1.54) is 0 Å². The average Bonchev–Trinajstić information content (AvgIpc) is 2.47. The maximum atomic E-state index is 11.2. The Morgan fingerprint density at radius 1 is 1.69 bits per heavy atom. The van der Waals surface area contributed by atoms with Crippen molar-refractivity contribution in [3.05, 3.63) is 23.5 Å². The lowest BCUT2D eigenvalue weighted by Crippen LogP contribution is -2.07. The number of carbonyl (C=O) groups is 2. The Morgan fingerprint density at radius 2 is 2.38 bits per heavy atom. The minimum absolute atomic E-state index is 0.312. The first-order valence-electron chi connectivity index (χ1n) is 3.98. The molecule has 0 amide bonds. The molecule has 4 nitrogen and oxygen atoms in total. The molecule has 1 heterocycles. The highest BCUT2D eigenvalue weighted by atomic mass is 16.5. The van der Waals surface area contributed by atoms with Gasteiger partial charge in [-0.25, -0.2) is 4.79 Å². The summed E-state index contributed by atoms with van der Waals surface area (Å²) >= 11 is 0. The number of rotatable bonds is 3. The van der Waals surface area contributed by atoms with Crippen molar-refractivity contribution in [2.45, 2.75) is 6.92 Å². The monoisotopic (exact) mass is 181 g/mol. The van der Waals surface area contributed by atoms with E-state index in [0.29, 0.717) is 24.2 Å². The highest BCUT2D eigenvalue weighted by molar-refractivity contribution is 5.97. The smallest absolute Gasteiger partial charge is 0.340 e. The fourth-order valence-electron chi connectivity index (χ4n) is 1.07. The SMILES string of the molecule is CCOC(=O)c1ccn(C)c1C=O. The summed E-state index contributed by atoms with van der Waals surface area (Å²) in [6.07, 6.45) is 2.29. The molecule has 13 heavy (non-hydrogen) atoms. The zero-order valence-electron chi connectivity index (χ0n) is 7.61. The van der Waals surface area contributed by atoms with Crippen molar-refractivity contribution in [2.75, 3.05) is 6.61 Å². The number of aryl methyl sites for hydroxylation is 1. The molecule has 4 heteroatoms. The van der Waals surface area contributed by atoms with Gasteiger partial charge in [-0.3, -0.25) is 4.79 Å². The van der Waals surface area contributed by atoms with E-state index in [1.807, 2.05) is 0 Å². The van der Waals surface area contributed by atoms with E-state index < -0.39 is 5.97 Å². The quantitative estimate of drug-likeness (QED) is 0.516. The molecule has 0 spiro atoms. The number of carbonyl (C=O) groups excluding carboxylic acids is 2. The molecular formula is C9H11NO3. The van der Waals surface area contributed by atoms with Crippen LogP contribution in [0.4, 0.5) is 0 Å². The number of hydrogen-bond donors (Lipinski definition) is 0. The van der Waals surface area contributed by atoms with E-state index in [9.17, 15) is 9.59 Å². The van der Waals surface area contributed by atoms with Gasteiger partial charge in [-0.15, -0.1) is 0 Å². The van der Waals surface area contributed by atoms with Gasteiger partial charge in [0, 0.05) is 13.2 Å². The van der Waals surface area contributed by atoms with Gasteiger partial charge in [-0.05, 0) is 13.0 Å². The molecule has 0 saturated heterocycles. The number of esters is 1. The molecule has 1 rings (SSSR count). The van der Waals surface area contributed by atoms with Crippen LogP contribution in [0, 0.1) is 0 Å². The first-order chi connectivity index (χ1) is 6.20. The summed E-state index contributed by atoms with van der Waals surface area (Å²) < 4.78 is 6.36. The molecule has 0 saturated carbocycles. The van der Waals surface area contributed by atoms with Gasteiger partial charge in [0.1, 0.15) is 0 Å². The van der Waals surface area contributed by atoms with Crippen molar-refractivity contribution in [1.82, 2.24) is 4.57 Å². The van der Waals surface area contributed by atoms with Crippen LogP contribution in [0.5, 0.6) is 0 Å². The van der Waals surface area contributed by atoms with Crippen molar-refractivity contribution < 1.29 is 14.3 Å². The maximum absolute atomic E-state index is 11.2. The summed E-state index contributed by atoms with van der Waals surface area (Å²) in [5.41, 5.74) is 0.665. The largest absolute Gasteiger partial charge is 0.462 e. The van der Waals surface area contributed by atoms with Gasteiger partial charge in [-0.1, -0.05) is 0 Å². The number of aldehydes is 1. The molecule has 0 aromatic carbocycles. The normalized spacial score (nSPS) is 9.69. The minimum Gasteiger partial charge on any atom is -0.462 e. The Labute approximate surface area is 76.1 Å². The van der Waals surface area contributed by atoms with Crippen LogP contribution in [0.2, 0.25) is 0 Å². The Kier molecular flexibility index (Phi) is 2.84. The molecule has 1 aromatic heterocycles. The van der Waals surface area contributed by atoms with Crippen LogP contribution in [0.15, 0.2) is 12.3 Å². The zero-order valence-corrected chi connectivity index (χ0v) is 7.61. The number of nitrogens with zero attached hydrogens (tertiary/aromatic N) is 1. The van der Waals surface area contributed by atoms with Crippen LogP contribution in [0.1, 0.15) is 27.8 Å². The van der Waals surface area contributed by atoms with Crippen molar-refractivity contribution in [3.63, 3.8) is 0 Å². The minimum atomic E-state index is -0.454. The van der Waals surface area contributed by atoms with Crippen molar-refractivity contribution >= 4 is 12.3 Å². The van der Waals surface area contributed by atoms with E-state index in [4.69, 9.17) is 4.74 Å². The molecule has 0 aliphatic heterocycles. The average molecular weight is 181 g/mol. The van der Waals surface area contributed by atoms with Gasteiger partial charge in [0.25, 0.3) is 0 Å². The second-order valence-corrected chi connectivity index (χ2v) is 2.56. The summed E-state index contributed by atoms with van der Waals surface area (Å²) in [5.74, 6) is -0.454. The van der Waals surface area contributed by atoms with Crippen LogP contribution in [0.25, 0.3) is 0 Å². The highest BCUT2D eigenvalue weighted by Crippen LogP contribution is 2.08. The van der Waals surface area contributed by atoms with Gasteiger partial charge in [-0.2, -0.15) is 0 Å². The van der Waals surface area contributed by atoms with E-state index in [0.717, 1.165) is 0 Å². The third kappa shape index (κ3) is 1.77. The molecule has 70 valence electrons. The Balaban J connectivity index is 3.00. The predicted octanol–water partition coefficient (Wildman–Crippen LogP) is 1.01. The standard InChI is InChI=1S/C9H11NO3/c1-3-13-9(12)7-4-5-10(2)8(7)6-11/h4-6H,3H2,1-2H3. The third-order valence-electron chi connectivity index (χ3n) is 1.73. The van der Waals surface area contributed by atoms with Crippen molar-refractivity contribution in [3.8, 4) is 0 Å². The summed E-state index contributed by atoms with van der Waals surface area (Å²) in [4.78, 5) is 21.8. The lowest BCUT2D eigenvalue weighted by atomic mass is 10.2. The predicted molar refractivity (Wildman–Crippen MR) is 46.8 cm³/mol. The summed E-state index contributed by atoms with van der Waals surface area (Å²) in [6, 6.07) is 1.57. The fraction of sp³-hybridized carbons (Fsp3) is 0.333. The zero-order chi connectivity index (χ0) is 9.84. The first kappa shape index (κ1) is 9.51. The second-order valence-electron chi connectivity index (χ2n) is 2.56. The molecule has 0 fully saturated rings. The lowest BCUT2D eigenvalue weighted by Gasteiger charge is -2.00. The van der Waals surface area contributed by atoms with Gasteiger partial charge >= 0.3 is 5.97 Å². The number of aromatic nitrogens is 1. The number of ether oxygens (including phenoxy) is 1. The molecule has 0 unspecified atom stereocenters. The highest BCUT2D eigenvalue weighted by Gasteiger charge is 2.14. The Morgan fingerprint density at radius 3 is 2.92 bits per heavy atom. The van der Waals surface area contributed by atoms with E-state index in [-0.39, 0.29) is 0 Å². The van der Waals surface area contributed by atoms with Gasteiger partial charge in [0.05, 0.1) is 17.9 Å². The van der Waals surface area contributed by atoms with Crippen LogP contribution in [-0.2, 0) is 11.8 Å². The summed E-state index contributed by atoms with van der Waals surface area (Å²) in [6.45, 7) is 2.04. The molecule has 1 aromatic rings. The molecule has 0 aliphatic rings. The second kappa shape index (κ2) is 3.89. The van der Waals surface area contributed by atoms with Crippen molar-refractivity contribution in [2.24, 2.45) is 7.05 Å². The van der Waals surface area contributed by atoms with Crippen LogP contribution in [-0.4, -0.2) is 23.4 Å². The Hall–Kier alpha value is -1.58. The van der Waals surface area contributed by atoms with Crippen LogP contribution >= 0.6 is 0 Å². The lowest BCUT2D eigenvalue weighted by molar-refractivity contribution is 0.0524. The maximum Gasteiger partial charge on any atom is 0.340 e. The Bertz CT molecular complexity index is 328. The molecule has 0 aliphatic carbocycles. The number of hydrogen-bond acceptors (Lipinski definition) is 3. The van der Waals surface area contributed by atoms with Crippen LogP contribution in [0.3, 0.4) is 0 Å². The molecule has 0 N–H and O–H groups in total. The third-order valence-corrected chi connectivity index (χ3v) is 1.73. The van der Waals surface area contributed by atoms with E-state index in [2.05, 4.69) is 0 Å². The molecule has 0 atom stereocenters. The van der Waals surface area contributed by atoms with Crippen molar-refractivity contribution in [1.29, 1.82) is 0 Å². The van der Waals surface area contributed by atoms with Crippen LogP contribution < -0.4 is 0 Å². The summed E-state index contributed by atoms with van der Waals surface area (Å²) in [7, 11) is 1.70. The first-order valence-corrected chi connectivity index (χ1v) is 3.98. The fourth-order valence-corrected chi connectivity index (χ4v) is 1.07. The molecular weight excluding hydrogens is 170 g/mol. The summed E-state index contributed by atoms with van der Waals surface area (Å²) in [5, 5.41) is 0.